The van der Waals surface area contributed by atoms with E-state index in [4.69, 9.17) is 0 Å². The molecule has 0 spiro atoms. The lowest BCUT2D eigenvalue weighted by atomic mass is 10.1. The van der Waals surface area contributed by atoms with Crippen molar-refractivity contribution >= 4 is 17.7 Å². The quantitative estimate of drug-likeness (QED) is 0.882. The monoisotopic (exact) mass is 301 g/mol. The van der Waals surface area contributed by atoms with Gasteiger partial charge in [0.05, 0.1) is 17.6 Å². The second-order valence-corrected chi connectivity index (χ2v) is 6.16. The summed E-state index contributed by atoms with van der Waals surface area (Å²) in [6.07, 6.45) is 5.34. The molecule has 0 radical (unpaired) electrons. The van der Waals surface area contributed by atoms with E-state index in [-0.39, 0.29) is 5.91 Å². The summed E-state index contributed by atoms with van der Waals surface area (Å²) in [7, 11) is 0. The fourth-order valence-electron chi connectivity index (χ4n) is 2.51. The van der Waals surface area contributed by atoms with Gasteiger partial charge in [0.2, 0.25) is 5.91 Å². The number of nitrogens with zero attached hydrogens (tertiary/aromatic N) is 2. The molecule has 5 heteroatoms. The molecule has 110 valence electrons. The van der Waals surface area contributed by atoms with E-state index < -0.39 is 0 Å². The van der Waals surface area contributed by atoms with Crippen LogP contribution in [0.4, 0.5) is 0 Å². The summed E-state index contributed by atoms with van der Waals surface area (Å²) in [6.45, 7) is 1.82. The highest BCUT2D eigenvalue weighted by Gasteiger charge is 2.17. The van der Waals surface area contributed by atoms with Crippen LogP contribution in [0.5, 0.6) is 0 Å². The molecule has 1 aliphatic rings. The molecule has 1 aromatic carbocycles. The molecule has 1 fully saturated rings. The zero-order chi connectivity index (χ0) is 14.5. The average Bonchev–Trinajstić information content (AvgIpc) is 3.03. The molecule has 3 rings (SSSR count). The second kappa shape index (κ2) is 6.80. The molecule has 0 aliphatic carbocycles. The van der Waals surface area contributed by atoms with Gasteiger partial charge >= 0.3 is 0 Å². The van der Waals surface area contributed by atoms with Gasteiger partial charge in [-0.05, 0) is 24.8 Å². The third-order valence-corrected chi connectivity index (χ3v) is 4.55. The lowest BCUT2D eigenvalue weighted by molar-refractivity contribution is -0.129. The smallest absolute Gasteiger partial charge is 0.233 e. The number of piperidine rings is 1. The summed E-state index contributed by atoms with van der Waals surface area (Å²) in [4.78, 5) is 21.7. The summed E-state index contributed by atoms with van der Waals surface area (Å²) in [5.74, 6) is 0.680. The molecule has 21 heavy (non-hydrogen) atoms. The Morgan fingerprint density at radius 2 is 1.95 bits per heavy atom. The number of amides is 1. The lowest BCUT2D eigenvalue weighted by Crippen LogP contribution is -2.36. The van der Waals surface area contributed by atoms with Crippen LogP contribution in [0, 0.1) is 0 Å². The summed E-state index contributed by atoms with van der Waals surface area (Å²) >= 11 is 1.48. The highest BCUT2D eigenvalue weighted by atomic mass is 32.2. The molecular formula is C16H19N3OS. The first-order chi connectivity index (χ1) is 10.3. The van der Waals surface area contributed by atoms with E-state index in [2.05, 4.69) is 9.97 Å². The number of hydrogen-bond donors (Lipinski definition) is 1. The van der Waals surface area contributed by atoms with Crippen LogP contribution in [-0.4, -0.2) is 39.6 Å². The molecule has 1 N–H and O–H groups in total. The first-order valence-corrected chi connectivity index (χ1v) is 8.32. The van der Waals surface area contributed by atoms with Crippen LogP contribution in [0.15, 0.2) is 41.7 Å². The van der Waals surface area contributed by atoms with Gasteiger partial charge in [0.25, 0.3) is 0 Å². The van der Waals surface area contributed by atoms with E-state index in [9.17, 15) is 4.79 Å². The topological polar surface area (TPSA) is 49.0 Å². The maximum absolute atomic E-state index is 12.1. The second-order valence-electron chi connectivity index (χ2n) is 5.20. The number of aromatic nitrogens is 2. The number of H-pyrrole nitrogens is 1. The highest BCUT2D eigenvalue weighted by Crippen LogP contribution is 2.21. The highest BCUT2D eigenvalue weighted by molar-refractivity contribution is 7.99. The van der Waals surface area contributed by atoms with Crippen LogP contribution in [0.3, 0.4) is 0 Å². The van der Waals surface area contributed by atoms with Crippen molar-refractivity contribution in [2.75, 3.05) is 18.8 Å². The molecule has 0 bridgehead atoms. The number of benzene rings is 1. The molecule has 2 heterocycles. The van der Waals surface area contributed by atoms with Crippen molar-refractivity contribution in [2.45, 2.75) is 24.4 Å². The summed E-state index contributed by atoms with van der Waals surface area (Å²) in [5, 5.41) is 0.805. The standard InChI is InChI=1S/C16H19N3OS/c20-15(19-9-5-2-6-10-19)12-21-16-17-11-14(18-16)13-7-3-1-4-8-13/h1,3-4,7-8,11H,2,5-6,9-10,12H2,(H,17,18). The minimum absolute atomic E-state index is 0.220. The first-order valence-electron chi connectivity index (χ1n) is 7.34. The molecule has 1 aliphatic heterocycles. The molecule has 0 atom stereocenters. The molecule has 2 aromatic rings. The van der Waals surface area contributed by atoms with Gasteiger partial charge in [-0.1, -0.05) is 42.1 Å². The van der Waals surface area contributed by atoms with E-state index >= 15 is 0 Å². The molecular weight excluding hydrogens is 282 g/mol. The van der Waals surface area contributed by atoms with Crippen molar-refractivity contribution in [1.29, 1.82) is 0 Å². The maximum Gasteiger partial charge on any atom is 0.233 e. The maximum atomic E-state index is 12.1. The molecule has 0 unspecified atom stereocenters. The Morgan fingerprint density at radius 1 is 1.19 bits per heavy atom. The van der Waals surface area contributed by atoms with Gasteiger partial charge in [-0.15, -0.1) is 0 Å². The van der Waals surface area contributed by atoms with Gasteiger partial charge in [-0.3, -0.25) is 4.79 Å². The van der Waals surface area contributed by atoms with Gasteiger partial charge in [-0.2, -0.15) is 0 Å². The van der Waals surface area contributed by atoms with Crippen LogP contribution >= 0.6 is 11.8 Å². The zero-order valence-electron chi connectivity index (χ0n) is 11.9. The summed E-state index contributed by atoms with van der Waals surface area (Å²) in [5.41, 5.74) is 2.10. The van der Waals surface area contributed by atoms with Gasteiger partial charge in [0.1, 0.15) is 0 Å². The van der Waals surface area contributed by atoms with Crippen molar-refractivity contribution < 1.29 is 4.79 Å². The predicted octanol–water partition coefficient (Wildman–Crippen LogP) is 3.18. The lowest BCUT2D eigenvalue weighted by Gasteiger charge is -2.26. The SMILES string of the molecule is O=C(CSc1ncc(-c2ccccc2)[nH]1)N1CCCCC1. The van der Waals surface area contributed by atoms with Gasteiger partial charge in [0.15, 0.2) is 5.16 Å². The van der Waals surface area contributed by atoms with E-state index in [1.807, 2.05) is 41.4 Å². The number of likely N-dealkylation sites (tertiary alicyclic amines) is 1. The number of carbonyl (C=O) groups excluding carboxylic acids is 1. The Morgan fingerprint density at radius 3 is 2.71 bits per heavy atom. The number of nitrogens with one attached hydrogen (secondary N) is 1. The van der Waals surface area contributed by atoms with E-state index in [0.717, 1.165) is 42.3 Å². The van der Waals surface area contributed by atoms with Crippen LogP contribution in [0.25, 0.3) is 11.3 Å². The third kappa shape index (κ3) is 3.67. The molecule has 1 amide bonds. The molecule has 1 saturated heterocycles. The normalized spacial score (nSPS) is 15.1. The Kier molecular flexibility index (Phi) is 4.60. The fraction of sp³-hybridized carbons (Fsp3) is 0.375. The van der Waals surface area contributed by atoms with E-state index in [1.54, 1.807) is 0 Å². The van der Waals surface area contributed by atoms with E-state index in [0.29, 0.717) is 5.75 Å². The number of thioether (sulfide) groups is 1. The van der Waals surface area contributed by atoms with Crippen LogP contribution < -0.4 is 0 Å². The van der Waals surface area contributed by atoms with Crippen molar-refractivity contribution in [3.05, 3.63) is 36.5 Å². The number of imidazole rings is 1. The number of hydrogen-bond acceptors (Lipinski definition) is 3. The first kappa shape index (κ1) is 14.2. The minimum Gasteiger partial charge on any atom is -0.342 e. The predicted molar refractivity (Wildman–Crippen MR) is 85.2 cm³/mol. The zero-order valence-corrected chi connectivity index (χ0v) is 12.7. The number of rotatable bonds is 4. The molecule has 4 nitrogen and oxygen atoms in total. The summed E-state index contributed by atoms with van der Waals surface area (Å²) in [6, 6.07) is 10.1. The third-order valence-electron chi connectivity index (χ3n) is 3.68. The Bertz CT molecular complexity index is 591. The fourth-order valence-corrected chi connectivity index (χ4v) is 3.26. The minimum atomic E-state index is 0.220. The Hall–Kier alpha value is -1.75. The van der Waals surface area contributed by atoms with Crippen molar-refractivity contribution in [1.82, 2.24) is 14.9 Å². The van der Waals surface area contributed by atoms with E-state index in [1.165, 1.54) is 18.2 Å². The average molecular weight is 301 g/mol. The molecule has 0 saturated carbocycles. The Labute approximate surface area is 129 Å². The number of carbonyl (C=O) groups is 1. The van der Waals surface area contributed by atoms with Crippen LogP contribution in [-0.2, 0) is 4.79 Å². The van der Waals surface area contributed by atoms with Gasteiger partial charge < -0.3 is 9.88 Å². The Balaban J connectivity index is 1.56. The van der Waals surface area contributed by atoms with Crippen molar-refractivity contribution in [2.24, 2.45) is 0 Å². The molecule has 1 aromatic heterocycles. The summed E-state index contributed by atoms with van der Waals surface area (Å²) < 4.78 is 0. The van der Waals surface area contributed by atoms with Gasteiger partial charge in [-0.25, -0.2) is 4.98 Å². The largest absolute Gasteiger partial charge is 0.342 e. The van der Waals surface area contributed by atoms with Crippen molar-refractivity contribution in [3.63, 3.8) is 0 Å². The number of aromatic amines is 1. The van der Waals surface area contributed by atoms with Crippen molar-refractivity contribution in [3.8, 4) is 11.3 Å². The van der Waals surface area contributed by atoms with Crippen LogP contribution in [0.1, 0.15) is 19.3 Å². The van der Waals surface area contributed by atoms with Crippen LogP contribution in [0.2, 0.25) is 0 Å². The van der Waals surface area contributed by atoms with Gasteiger partial charge in [0, 0.05) is 13.1 Å².